The molecule has 0 N–H and O–H groups in total. The third-order valence-corrected chi connectivity index (χ3v) is 6.03. The fourth-order valence-corrected chi connectivity index (χ4v) is 4.39. The summed E-state index contributed by atoms with van der Waals surface area (Å²) in [7, 11) is 1.70. The van der Waals surface area contributed by atoms with Crippen LogP contribution in [0.2, 0.25) is 0 Å². The fourth-order valence-electron chi connectivity index (χ4n) is 4.39. The Morgan fingerprint density at radius 2 is 2.08 bits per heavy atom. The summed E-state index contributed by atoms with van der Waals surface area (Å²) in [5.41, 5.74) is 2.44. The second-order valence-electron chi connectivity index (χ2n) is 7.78. The minimum atomic E-state index is 0.291. The SMILES string of the molecule is COCCN1CC2(CCC1=O)CCN(Cc1cn3ccccc3n1)CC2. The highest BCUT2D eigenvalue weighted by Crippen LogP contribution is 2.40. The minimum Gasteiger partial charge on any atom is -0.383 e. The lowest BCUT2D eigenvalue weighted by molar-refractivity contribution is -0.139. The van der Waals surface area contributed by atoms with Crippen LogP contribution in [0.1, 0.15) is 31.4 Å². The van der Waals surface area contributed by atoms with Crippen molar-refractivity contribution >= 4 is 11.6 Å². The number of amides is 1. The van der Waals surface area contributed by atoms with Crippen LogP contribution in [-0.2, 0) is 16.1 Å². The molecule has 0 unspecified atom stereocenters. The van der Waals surface area contributed by atoms with Gasteiger partial charge in [0, 0.05) is 45.6 Å². The lowest BCUT2D eigenvalue weighted by Gasteiger charge is -2.47. The molecule has 0 atom stereocenters. The first-order chi connectivity index (χ1) is 12.7. The molecule has 2 aromatic heterocycles. The summed E-state index contributed by atoms with van der Waals surface area (Å²) in [4.78, 5) is 21.4. The van der Waals surface area contributed by atoms with E-state index in [4.69, 9.17) is 9.72 Å². The summed E-state index contributed by atoms with van der Waals surface area (Å²) >= 11 is 0. The molecule has 140 valence electrons. The maximum atomic E-state index is 12.2. The van der Waals surface area contributed by atoms with E-state index in [1.54, 1.807) is 7.11 Å². The monoisotopic (exact) mass is 356 g/mol. The number of hydrogen-bond acceptors (Lipinski definition) is 4. The van der Waals surface area contributed by atoms with Gasteiger partial charge >= 0.3 is 0 Å². The van der Waals surface area contributed by atoms with Gasteiger partial charge in [-0.05, 0) is 49.9 Å². The van der Waals surface area contributed by atoms with E-state index >= 15 is 0 Å². The lowest BCUT2D eigenvalue weighted by Crippen LogP contribution is -2.52. The summed E-state index contributed by atoms with van der Waals surface area (Å²) in [5.74, 6) is 0.291. The molecule has 6 nitrogen and oxygen atoms in total. The normalized spacial score (nSPS) is 21.0. The zero-order chi connectivity index (χ0) is 18.0. The number of hydrogen-bond donors (Lipinski definition) is 0. The van der Waals surface area contributed by atoms with Crippen molar-refractivity contribution in [2.75, 3.05) is 39.9 Å². The molecule has 6 heteroatoms. The van der Waals surface area contributed by atoms with Crippen molar-refractivity contribution in [3.05, 3.63) is 36.3 Å². The van der Waals surface area contributed by atoms with E-state index in [-0.39, 0.29) is 0 Å². The second kappa shape index (κ2) is 7.37. The molecule has 0 aliphatic carbocycles. The predicted octanol–water partition coefficient (Wildman–Crippen LogP) is 2.19. The summed E-state index contributed by atoms with van der Waals surface area (Å²) in [6.45, 7) is 5.33. The van der Waals surface area contributed by atoms with E-state index in [0.717, 1.165) is 63.3 Å². The highest BCUT2D eigenvalue weighted by Gasteiger charge is 2.40. The van der Waals surface area contributed by atoms with Gasteiger partial charge in [-0.15, -0.1) is 0 Å². The smallest absolute Gasteiger partial charge is 0.222 e. The highest BCUT2D eigenvalue weighted by atomic mass is 16.5. The Morgan fingerprint density at radius 3 is 2.85 bits per heavy atom. The van der Waals surface area contributed by atoms with Gasteiger partial charge in [0.05, 0.1) is 12.3 Å². The second-order valence-corrected chi connectivity index (χ2v) is 7.78. The number of imidazole rings is 1. The fraction of sp³-hybridized carbons (Fsp3) is 0.600. The van der Waals surface area contributed by atoms with Crippen LogP contribution in [0.4, 0.5) is 0 Å². The van der Waals surface area contributed by atoms with Crippen molar-refractivity contribution in [3.63, 3.8) is 0 Å². The quantitative estimate of drug-likeness (QED) is 0.824. The third kappa shape index (κ3) is 3.62. The van der Waals surface area contributed by atoms with Crippen LogP contribution in [0.3, 0.4) is 0 Å². The van der Waals surface area contributed by atoms with Crippen molar-refractivity contribution in [3.8, 4) is 0 Å². The Kier molecular flexibility index (Phi) is 4.96. The topological polar surface area (TPSA) is 50.1 Å². The molecule has 26 heavy (non-hydrogen) atoms. The molecule has 0 saturated carbocycles. The Hall–Kier alpha value is -1.92. The van der Waals surface area contributed by atoms with E-state index < -0.39 is 0 Å². The lowest BCUT2D eigenvalue weighted by atomic mass is 9.72. The van der Waals surface area contributed by atoms with Crippen molar-refractivity contribution < 1.29 is 9.53 Å². The number of aromatic nitrogens is 2. The summed E-state index contributed by atoms with van der Waals surface area (Å²) in [6, 6.07) is 6.10. The number of carbonyl (C=O) groups excluding carboxylic acids is 1. The van der Waals surface area contributed by atoms with Crippen molar-refractivity contribution in [2.45, 2.75) is 32.2 Å². The number of piperidine rings is 2. The number of carbonyl (C=O) groups is 1. The first-order valence-electron chi connectivity index (χ1n) is 9.59. The van der Waals surface area contributed by atoms with Gasteiger partial charge in [-0.2, -0.15) is 0 Å². The first-order valence-corrected chi connectivity index (χ1v) is 9.59. The molecule has 0 aromatic carbocycles. The molecule has 0 bridgehead atoms. The van der Waals surface area contributed by atoms with Crippen LogP contribution in [0, 0.1) is 5.41 Å². The predicted molar refractivity (Wildman–Crippen MR) is 99.8 cm³/mol. The van der Waals surface area contributed by atoms with Crippen LogP contribution in [0.15, 0.2) is 30.6 Å². The molecule has 4 rings (SSSR count). The van der Waals surface area contributed by atoms with Crippen LogP contribution < -0.4 is 0 Å². The Labute approximate surface area is 154 Å². The average Bonchev–Trinajstić information content (AvgIpc) is 3.07. The molecule has 2 saturated heterocycles. The number of ether oxygens (including phenoxy) is 1. The highest BCUT2D eigenvalue weighted by molar-refractivity contribution is 5.77. The van der Waals surface area contributed by atoms with Gasteiger partial charge in [0.2, 0.25) is 5.91 Å². The third-order valence-electron chi connectivity index (χ3n) is 6.03. The summed E-state index contributed by atoms with van der Waals surface area (Å²) in [6.07, 6.45) is 8.23. The molecule has 1 amide bonds. The molecule has 0 radical (unpaired) electrons. The zero-order valence-electron chi connectivity index (χ0n) is 15.6. The maximum absolute atomic E-state index is 12.2. The molecule has 2 fully saturated rings. The van der Waals surface area contributed by atoms with E-state index in [1.807, 2.05) is 29.3 Å². The molecule has 2 aliphatic heterocycles. The summed E-state index contributed by atoms with van der Waals surface area (Å²) < 4.78 is 7.25. The number of likely N-dealkylation sites (tertiary alicyclic amines) is 2. The maximum Gasteiger partial charge on any atom is 0.222 e. The van der Waals surface area contributed by atoms with E-state index in [1.165, 1.54) is 0 Å². The van der Waals surface area contributed by atoms with Gasteiger partial charge in [0.25, 0.3) is 0 Å². The standard InChI is InChI=1S/C20H28N4O2/c1-26-13-12-24-16-20(6-5-19(24)25)7-10-22(11-8-20)14-17-15-23-9-3-2-4-18(23)21-17/h2-4,9,15H,5-8,10-14,16H2,1H3. The average molecular weight is 356 g/mol. The zero-order valence-corrected chi connectivity index (χ0v) is 15.6. The molecule has 1 spiro atoms. The minimum absolute atomic E-state index is 0.291. The molecular weight excluding hydrogens is 328 g/mol. The largest absolute Gasteiger partial charge is 0.383 e. The van der Waals surface area contributed by atoms with E-state index in [2.05, 4.69) is 15.5 Å². The van der Waals surface area contributed by atoms with Crippen molar-refractivity contribution in [1.82, 2.24) is 19.2 Å². The Morgan fingerprint density at radius 1 is 1.23 bits per heavy atom. The number of pyridine rings is 1. The Balaban J connectivity index is 1.35. The number of rotatable bonds is 5. The molecule has 2 aliphatic rings. The van der Waals surface area contributed by atoms with Gasteiger partial charge in [-0.1, -0.05) is 6.07 Å². The van der Waals surface area contributed by atoms with Gasteiger partial charge in [-0.3, -0.25) is 9.69 Å². The van der Waals surface area contributed by atoms with Gasteiger partial charge in [0.1, 0.15) is 5.65 Å². The van der Waals surface area contributed by atoms with E-state index in [0.29, 0.717) is 24.3 Å². The number of methoxy groups -OCH3 is 1. The van der Waals surface area contributed by atoms with Crippen LogP contribution in [0.5, 0.6) is 0 Å². The number of nitrogens with zero attached hydrogens (tertiary/aromatic N) is 4. The van der Waals surface area contributed by atoms with Gasteiger partial charge < -0.3 is 14.0 Å². The van der Waals surface area contributed by atoms with Crippen LogP contribution >= 0.6 is 0 Å². The van der Waals surface area contributed by atoms with Gasteiger partial charge in [0.15, 0.2) is 0 Å². The molecule has 4 heterocycles. The van der Waals surface area contributed by atoms with Crippen LogP contribution in [0.25, 0.3) is 5.65 Å². The van der Waals surface area contributed by atoms with Crippen molar-refractivity contribution in [1.29, 1.82) is 0 Å². The van der Waals surface area contributed by atoms with Crippen LogP contribution in [-0.4, -0.2) is 65.0 Å². The van der Waals surface area contributed by atoms with E-state index in [9.17, 15) is 4.79 Å². The van der Waals surface area contributed by atoms with Gasteiger partial charge in [-0.25, -0.2) is 4.98 Å². The Bertz CT molecular complexity index is 731. The summed E-state index contributed by atoms with van der Waals surface area (Å²) in [5, 5.41) is 0. The molecular formula is C20H28N4O2. The van der Waals surface area contributed by atoms with Crippen molar-refractivity contribution in [2.24, 2.45) is 5.41 Å². The first kappa shape index (κ1) is 17.5. The molecule has 2 aromatic rings. The number of fused-ring (bicyclic) bond motifs is 1.